The lowest BCUT2D eigenvalue weighted by Crippen LogP contribution is -2.35. The molecule has 0 amide bonds. The van der Waals surface area contributed by atoms with E-state index in [1.54, 1.807) is 0 Å². The van der Waals surface area contributed by atoms with Gasteiger partial charge in [-0.2, -0.15) is 0 Å². The zero-order valence-corrected chi connectivity index (χ0v) is 11.0. The molecule has 92 valence electrons. The van der Waals surface area contributed by atoms with Gasteiger partial charge >= 0.3 is 0 Å². The molecule has 1 aromatic heterocycles. The Labute approximate surface area is 108 Å². The van der Waals surface area contributed by atoms with E-state index in [9.17, 15) is 0 Å². The number of aryl methyl sites for hydroxylation is 1. The number of pyridine rings is 1. The number of nitrogens with zero attached hydrogens (tertiary/aromatic N) is 3. The number of hydrogen-bond donors (Lipinski definition) is 0. The molecule has 0 N–H and O–H groups in total. The van der Waals surface area contributed by atoms with Crippen LogP contribution >= 0.6 is 0 Å². The van der Waals surface area contributed by atoms with E-state index in [-0.39, 0.29) is 0 Å². The van der Waals surface area contributed by atoms with Crippen LogP contribution in [0, 0.1) is 6.92 Å². The van der Waals surface area contributed by atoms with Crippen LogP contribution in [0.15, 0.2) is 42.7 Å². The van der Waals surface area contributed by atoms with Crippen molar-refractivity contribution in [2.24, 2.45) is 0 Å². The largest absolute Gasteiger partial charge is 0.352 e. The summed E-state index contributed by atoms with van der Waals surface area (Å²) in [4.78, 5) is 8.89. The van der Waals surface area contributed by atoms with Crippen molar-refractivity contribution in [3.8, 4) is 0 Å². The molecule has 18 heavy (non-hydrogen) atoms. The third-order valence-corrected chi connectivity index (χ3v) is 3.73. The molecule has 1 aromatic carbocycles. The highest BCUT2D eigenvalue weighted by Crippen LogP contribution is 2.43. The van der Waals surface area contributed by atoms with Crippen molar-refractivity contribution < 1.29 is 0 Å². The molecule has 0 spiro atoms. The Balaban J connectivity index is 2.16. The smallest absolute Gasteiger partial charge is 0.103 e. The number of para-hydroxylation sites is 1. The molecule has 0 saturated heterocycles. The first-order chi connectivity index (χ1) is 8.70. The van der Waals surface area contributed by atoms with E-state index in [0.29, 0.717) is 6.17 Å². The summed E-state index contributed by atoms with van der Waals surface area (Å²) in [7, 11) is 2.13. The van der Waals surface area contributed by atoms with Gasteiger partial charge in [-0.15, -0.1) is 0 Å². The van der Waals surface area contributed by atoms with Crippen LogP contribution < -0.4 is 9.80 Å². The van der Waals surface area contributed by atoms with Crippen LogP contribution in [0.5, 0.6) is 0 Å². The molecule has 1 aliphatic rings. The number of benzene rings is 1. The SMILES string of the molecule is Cc1ccccc1N1c2cnccc2N(C)[C@@H]1C. The van der Waals surface area contributed by atoms with Crippen molar-refractivity contribution in [1.82, 2.24) is 4.98 Å². The van der Waals surface area contributed by atoms with Crippen LogP contribution in [0.1, 0.15) is 12.5 Å². The van der Waals surface area contributed by atoms with Crippen LogP contribution in [0.2, 0.25) is 0 Å². The average molecular weight is 239 g/mol. The summed E-state index contributed by atoms with van der Waals surface area (Å²) in [5.41, 5.74) is 4.96. The van der Waals surface area contributed by atoms with Crippen molar-refractivity contribution in [3.05, 3.63) is 48.3 Å². The van der Waals surface area contributed by atoms with Crippen LogP contribution in [0.4, 0.5) is 17.1 Å². The van der Waals surface area contributed by atoms with Gasteiger partial charge in [0.15, 0.2) is 0 Å². The number of rotatable bonds is 1. The summed E-state index contributed by atoms with van der Waals surface area (Å²) in [6.45, 7) is 4.36. The van der Waals surface area contributed by atoms with Crippen molar-refractivity contribution >= 4 is 17.1 Å². The van der Waals surface area contributed by atoms with Crippen LogP contribution in [0.3, 0.4) is 0 Å². The number of anilines is 3. The molecule has 1 aliphatic heterocycles. The van der Waals surface area contributed by atoms with E-state index >= 15 is 0 Å². The second kappa shape index (κ2) is 4.02. The van der Waals surface area contributed by atoms with E-state index in [1.807, 2.05) is 12.4 Å². The monoisotopic (exact) mass is 239 g/mol. The normalized spacial score (nSPS) is 18.1. The van der Waals surface area contributed by atoms with Gasteiger partial charge in [-0.25, -0.2) is 0 Å². The Morgan fingerprint density at radius 3 is 2.61 bits per heavy atom. The quantitative estimate of drug-likeness (QED) is 0.761. The van der Waals surface area contributed by atoms with Gasteiger partial charge in [0.05, 0.1) is 17.6 Å². The number of fused-ring (bicyclic) bond motifs is 1. The molecule has 2 aromatic rings. The van der Waals surface area contributed by atoms with E-state index in [4.69, 9.17) is 0 Å². The van der Waals surface area contributed by atoms with Crippen LogP contribution in [-0.2, 0) is 0 Å². The first-order valence-corrected chi connectivity index (χ1v) is 6.22. The van der Waals surface area contributed by atoms with Crippen LogP contribution in [-0.4, -0.2) is 18.2 Å². The minimum absolute atomic E-state index is 0.310. The maximum atomic E-state index is 4.26. The molecule has 0 radical (unpaired) electrons. The summed E-state index contributed by atoms with van der Waals surface area (Å²) >= 11 is 0. The molecule has 0 fully saturated rings. The molecular weight excluding hydrogens is 222 g/mol. The lowest BCUT2D eigenvalue weighted by Gasteiger charge is -2.28. The van der Waals surface area contributed by atoms with Crippen molar-refractivity contribution in [2.75, 3.05) is 16.8 Å². The Morgan fingerprint density at radius 2 is 1.83 bits per heavy atom. The molecule has 0 saturated carbocycles. The Bertz CT molecular complexity index is 579. The molecule has 0 aliphatic carbocycles. The molecule has 1 atom stereocenters. The Hall–Kier alpha value is -2.03. The average Bonchev–Trinajstić information content (AvgIpc) is 2.64. The zero-order valence-electron chi connectivity index (χ0n) is 11.0. The fraction of sp³-hybridized carbons (Fsp3) is 0.267. The van der Waals surface area contributed by atoms with Gasteiger partial charge < -0.3 is 9.80 Å². The number of aromatic nitrogens is 1. The van der Waals surface area contributed by atoms with E-state index < -0.39 is 0 Å². The van der Waals surface area contributed by atoms with Gasteiger partial charge in [-0.1, -0.05) is 18.2 Å². The zero-order chi connectivity index (χ0) is 12.7. The molecule has 0 unspecified atom stereocenters. The second-order valence-corrected chi connectivity index (χ2v) is 4.76. The first kappa shape index (κ1) is 11.1. The predicted molar refractivity (Wildman–Crippen MR) is 75.4 cm³/mol. The third-order valence-electron chi connectivity index (χ3n) is 3.73. The van der Waals surface area contributed by atoms with E-state index in [0.717, 1.165) is 0 Å². The van der Waals surface area contributed by atoms with Gasteiger partial charge in [0, 0.05) is 18.9 Å². The van der Waals surface area contributed by atoms with E-state index in [2.05, 4.69) is 66.0 Å². The highest BCUT2D eigenvalue weighted by Gasteiger charge is 2.31. The second-order valence-electron chi connectivity index (χ2n) is 4.76. The maximum absolute atomic E-state index is 4.26. The predicted octanol–water partition coefficient (Wildman–Crippen LogP) is 3.32. The fourth-order valence-corrected chi connectivity index (χ4v) is 2.60. The standard InChI is InChI=1S/C15H17N3/c1-11-6-4-5-7-13(11)18-12(2)17(3)14-8-9-16-10-15(14)18/h4-10,12H,1-3H3/t12-/m0/s1. The summed E-state index contributed by atoms with van der Waals surface area (Å²) in [5.74, 6) is 0. The topological polar surface area (TPSA) is 19.4 Å². The van der Waals surface area contributed by atoms with Gasteiger partial charge in [0.2, 0.25) is 0 Å². The van der Waals surface area contributed by atoms with Gasteiger partial charge in [0.25, 0.3) is 0 Å². The Kier molecular flexibility index (Phi) is 2.47. The highest BCUT2D eigenvalue weighted by atomic mass is 15.4. The third kappa shape index (κ3) is 1.47. The summed E-state index contributed by atoms with van der Waals surface area (Å²) < 4.78 is 0. The van der Waals surface area contributed by atoms with Crippen molar-refractivity contribution in [2.45, 2.75) is 20.0 Å². The minimum atomic E-state index is 0.310. The molecule has 0 bridgehead atoms. The highest BCUT2D eigenvalue weighted by molar-refractivity contribution is 5.83. The van der Waals surface area contributed by atoms with Crippen LogP contribution in [0.25, 0.3) is 0 Å². The Morgan fingerprint density at radius 1 is 1.06 bits per heavy atom. The summed E-state index contributed by atoms with van der Waals surface area (Å²) in [6, 6.07) is 10.6. The first-order valence-electron chi connectivity index (χ1n) is 6.22. The minimum Gasteiger partial charge on any atom is -0.352 e. The molecule has 3 heteroatoms. The molecule has 2 heterocycles. The van der Waals surface area contributed by atoms with Gasteiger partial charge in [-0.05, 0) is 31.5 Å². The molecular formula is C15H17N3. The summed E-state index contributed by atoms with van der Waals surface area (Å²) in [6.07, 6.45) is 4.11. The van der Waals surface area contributed by atoms with Crippen molar-refractivity contribution in [1.29, 1.82) is 0 Å². The fourth-order valence-electron chi connectivity index (χ4n) is 2.60. The van der Waals surface area contributed by atoms with Crippen molar-refractivity contribution in [3.63, 3.8) is 0 Å². The number of hydrogen-bond acceptors (Lipinski definition) is 3. The maximum Gasteiger partial charge on any atom is 0.103 e. The van der Waals surface area contributed by atoms with E-state index in [1.165, 1.54) is 22.6 Å². The van der Waals surface area contributed by atoms with Gasteiger partial charge in [0.1, 0.15) is 6.17 Å². The lowest BCUT2D eigenvalue weighted by atomic mass is 10.1. The van der Waals surface area contributed by atoms with Gasteiger partial charge in [-0.3, -0.25) is 4.98 Å². The molecule has 3 nitrogen and oxygen atoms in total. The summed E-state index contributed by atoms with van der Waals surface area (Å²) in [5, 5.41) is 0. The lowest BCUT2D eigenvalue weighted by molar-refractivity contribution is 0.732. The molecule has 3 rings (SSSR count).